The maximum atomic E-state index is 12.4. The van der Waals surface area contributed by atoms with Gasteiger partial charge < -0.3 is 15.0 Å². The van der Waals surface area contributed by atoms with Crippen LogP contribution in [0.5, 0.6) is 0 Å². The Morgan fingerprint density at radius 2 is 2.32 bits per heavy atom. The van der Waals surface area contributed by atoms with Crippen molar-refractivity contribution >= 4 is 11.7 Å². The van der Waals surface area contributed by atoms with Crippen molar-refractivity contribution in [2.75, 3.05) is 32.1 Å². The van der Waals surface area contributed by atoms with Crippen LogP contribution in [0, 0.1) is 0 Å². The van der Waals surface area contributed by atoms with Gasteiger partial charge in [0.25, 0.3) is 5.91 Å². The number of aromatic nitrogens is 3. The summed E-state index contributed by atoms with van der Waals surface area (Å²) in [5, 5.41) is 3.00. The number of rotatable bonds is 3. The van der Waals surface area contributed by atoms with Crippen LogP contribution in [0.1, 0.15) is 22.3 Å². The molecule has 1 aliphatic heterocycles. The van der Waals surface area contributed by atoms with Gasteiger partial charge in [-0.15, -0.1) is 0 Å². The number of nitrogens with zero attached hydrogens (tertiary/aromatic N) is 4. The lowest BCUT2D eigenvalue weighted by molar-refractivity contribution is -0.0248. The van der Waals surface area contributed by atoms with Crippen molar-refractivity contribution in [3.63, 3.8) is 0 Å². The normalized spacial score (nSPS) is 18.0. The lowest BCUT2D eigenvalue weighted by Gasteiger charge is -2.32. The quantitative estimate of drug-likeness (QED) is 0.915. The second-order valence-electron chi connectivity index (χ2n) is 4.90. The summed E-state index contributed by atoms with van der Waals surface area (Å²) in [5.41, 5.74) is 1.16. The topological polar surface area (TPSA) is 80.2 Å². The Hall–Kier alpha value is -2.54. The molecule has 7 nitrogen and oxygen atoms in total. The van der Waals surface area contributed by atoms with Gasteiger partial charge in [0, 0.05) is 26.0 Å². The number of hydrogen-bond acceptors (Lipinski definition) is 6. The molecule has 114 valence electrons. The molecule has 1 unspecified atom stereocenters. The lowest BCUT2D eigenvalue weighted by Crippen LogP contribution is -2.42. The fourth-order valence-corrected chi connectivity index (χ4v) is 2.35. The number of nitrogens with one attached hydrogen (secondary N) is 1. The smallest absolute Gasteiger partial charge is 0.274 e. The number of amides is 1. The van der Waals surface area contributed by atoms with Gasteiger partial charge in [-0.25, -0.2) is 9.97 Å². The molecule has 22 heavy (non-hydrogen) atoms. The second-order valence-corrected chi connectivity index (χ2v) is 4.90. The average Bonchev–Trinajstić information content (AvgIpc) is 2.62. The zero-order chi connectivity index (χ0) is 15.4. The van der Waals surface area contributed by atoms with Crippen LogP contribution >= 0.6 is 0 Å². The van der Waals surface area contributed by atoms with E-state index >= 15 is 0 Å². The average molecular weight is 299 g/mol. The van der Waals surface area contributed by atoms with Gasteiger partial charge in [-0.1, -0.05) is 6.07 Å². The van der Waals surface area contributed by atoms with E-state index in [1.807, 2.05) is 25.2 Å². The number of hydrogen-bond donors (Lipinski definition) is 1. The number of morpholine rings is 1. The first-order valence-corrected chi connectivity index (χ1v) is 7.09. The Kier molecular flexibility index (Phi) is 4.24. The SMILES string of the molecule is CNc1cccc(C2CN(C(=O)c3cnccn3)CCO2)n1. The first-order chi connectivity index (χ1) is 10.8. The summed E-state index contributed by atoms with van der Waals surface area (Å²) in [7, 11) is 1.82. The molecule has 0 spiro atoms. The third-order valence-corrected chi connectivity index (χ3v) is 3.49. The zero-order valence-electron chi connectivity index (χ0n) is 12.3. The molecule has 1 aliphatic rings. The van der Waals surface area contributed by atoms with Gasteiger partial charge in [-0.3, -0.25) is 9.78 Å². The lowest BCUT2D eigenvalue weighted by atomic mass is 10.1. The number of anilines is 1. The molecule has 1 N–H and O–H groups in total. The maximum Gasteiger partial charge on any atom is 0.274 e. The minimum atomic E-state index is -0.234. The highest BCUT2D eigenvalue weighted by atomic mass is 16.5. The molecule has 0 aromatic carbocycles. The fourth-order valence-electron chi connectivity index (χ4n) is 2.35. The minimum Gasteiger partial charge on any atom is -0.373 e. The van der Waals surface area contributed by atoms with E-state index in [1.165, 1.54) is 12.4 Å². The third-order valence-electron chi connectivity index (χ3n) is 3.49. The molecule has 3 heterocycles. The highest BCUT2D eigenvalue weighted by Gasteiger charge is 2.27. The molecule has 2 aromatic rings. The van der Waals surface area contributed by atoms with Crippen LogP contribution in [0.4, 0.5) is 5.82 Å². The first-order valence-electron chi connectivity index (χ1n) is 7.09. The van der Waals surface area contributed by atoms with Gasteiger partial charge in [0.05, 0.1) is 25.0 Å². The molecule has 1 amide bonds. The van der Waals surface area contributed by atoms with Gasteiger partial charge in [-0.05, 0) is 12.1 Å². The Morgan fingerprint density at radius 3 is 3.09 bits per heavy atom. The van der Waals surface area contributed by atoms with E-state index < -0.39 is 0 Å². The molecule has 2 aromatic heterocycles. The van der Waals surface area contributed by atoms with Gasteiger partial charge in [0.15, 0.2) is 0 Å². The second kappa shape index (κ2) is 6.48. The standard InChI is InChI=1S/C15H17N5O2/c1-16-14-4-2-3-11(19-14)13-10-20(7-8-22-13)15(21)12-9-17-5-6-18-12/h2-6,9,13H,7-8,10H2,1H3,(H,16,19). The first kappa shape index (κ1) is 14.4. The Balaban J connectivity index is 1.75. The van der Waals surface area contributed by atoms with Crippen molar-refractivity contribution in [3.05, 3.63) is 48.2 Å². The van der Waals surface area contributed by atoms with Crippen molar-refractivity contribution in [1.29, 1.82) is 0 Å². The summed E-state index contributed by atoms with van der Waals surface area (Å²) in [4.78, 5) is 26.6. The molecular formula is C15H17N5O2. The van der Waals surface area contributed by atoms with E-state index in [0.717, 1.165) is 11.5 Å². The Labute approximate surface area is 128 Å². The predicted molar refractivity (Wildman–Crippen MR) is 80.4 cm³/mol. The van der Waals surface area contributed by atoms with Crippen molar-refractivity contribution in [1.82, 2.24) is 19.9 Å². The van der Waals surface area contributed by atoms with Crippen LogP contribution < -0.4 is 5.32 Å². The summed E-state index contributed by atoms with van der Waals surface area (Å²) >= 11 is 0. The van der Waals surface area contributed by atoms with Crippen LogP contribution in [0.2, 0.25) is 0 Å². The molecule has 1 saturated heterocycles. The van der Waals surface area contributed by atoms with Crippen molar-refractivity contribution in [2.45, 2.75) is 6.10 Å². The van der Waals surface area contributed by atoms with Crippen molar-refractivity contribution in [3.8, 4) is 0 Å². The van der Waals surface area contributed by atoms with E-state index in [9.17, 15) is 4.79 Å². The molecule has 0 saturated carbocycles. The molecular weight excluding hydrogens is 282 g/mol. The minimum absolute atomic E-state index is 0.133. The molecule has 0 radical (unpaired) electrons. The molecule has 0 aliphatic carbocycles. The monoisotopic (exact) mass is 299 g/mol. The molecule has 7 heteroatoms. The molecule has 0 bridgehead atoms. The molecule has 1 atom stereocenters. The molecule has 3 rings (SSSR count). The van der Waals surface area contributed by atoms with Gasteiger partial charge >= 0.3 is 0 Å². The Bertz CT molecular complexity index is 649. The summed E-state index contributed by atoms with van der Waals surface area (Å²) in [6.45, 7) is 1.47. The van der Waals surface area contributed by atoms with Crippen molar-refractivity contribution < 1.29 is 9.53 Å². The molecule has 1 fully saturated rings. The highest BCUT2D eigenvalue weighted by molar-refractivity contribution is 5.92. The number of ether oxygens (including phenoxy) is 1. The maximum absolute atomic E-state index is 12.4. The summed E-state index contributed by atoms with van der Waals surface area (Å²) < 4.78 is 5.76. The number of carbonyl (C=O) groups excluding carboxylic acids is 1. The fraction of sp³-hybridized carbons (Fsp3) is 0.333. The van der Waals surface area contributed by atoms with Gasteiger partial charge in [-0.2, -0.15) is 0 Å². The van der Waals surface area contributed by atoms with Crippen LogP contribution in [-0.2, 0) is 4.74 Å². The van der Waals surface area contributed by atoms with Crippen LogP contribution in [0.3, 0.4) is 0 Å². The third kappa shape index (κ3) is 3.04. The van der Waals surface area contributed by atoms with Crippen LogP contribution in [-0.4, -0.2) is 52.5 Å². The zero-order valence-corrected chi connectivity index (χ0v) is 12.3. The number of carbonyl (C=O) groups is 1. The number of pyridine rings is 1. The van der Waals surface area contributed by atoms with E-state index in [0.29, 0.717) is 25.4 Å². The van der Waals surface area contributed by atoms with Crippen molar-refractivity contribution in [2.24, 2.45) is 0 Å². The van der Waals surface area contributed by atoms with Crippen LogP contribution in [0.25, 0.3) is 0 Å². The van der Waals surface area contributed by atoms with E-state index in [2.05, 4.69) is 20.3 Å². The van der Waals surface area contributed by atoms with Gasteiger partial charge in [0.2, 0.25) is 0 Å². The summed E-state index contributed by atoms with van der Waals surface area (Å²) in [6, 6.07) is 5.71. The summed E-state index contributed by atoms with van der Waals surface area (Å²) in [5.74, 6) is 0.643. The van der Waals surface area contributed by atoms with E-state index in [-0.39, 0.29) is 12.0 Å². The van der Waals surface area contributed by atoms with E-state index in [4.69, 9.17) is 4.74 Å². The highest BCUT2D eigenvalue weighted by Crippen LogP contribution is 2.22. The van der Waals surface area contributed by atoms with Gasteiger partial charge in [0.1, 0.15) is 17.6 Å². The van der Waals surface area contributed by atoms with E-state index in [1.54, 1.807) is 11.1 Å². The summed E-state index contributed by atoms with van der Waals surface area (Å²) in [6.07, 6.45) is 4.31. The predicted octanol–water partition coefficient (Wildman–Crippen LogP) is 1.13. The van der Waals surface area contributed by atoms with Crippen LogP contribution in [0.15, 0.2) is 36.8 Å². The largest absolute Gasteiger partial charge is 0.373 e. The Morgan fingerprint density at radius 1 is 1.41 bits per heavy atom.